The first-order valence-corrected chi connectivity index (χ1v) is 12.9. The molecule has 0 aliphatic rings. The predicted octanol–water partition coefficient (Wildman–Crippen LogP) is 6.11. The number of aliphatic carboxylic acids is 1. The van der Waals surface area contributed by atoms with Crippen molar-refractivity contribution >= 4 is 44.8 Å². The standard InChI is InChI=1S/C26H27N3O3S2/c1-4-5-8-18-13-19(12-11-16(18)2)25-27-17(3)24(34-25)26(32)29(15-23(30)31)14-22-28-20-9-6-7-10-21(20)33-22/h6-7,9-13H,4-5,8,14-15H2,1-3H3,(H,30,31). The van der Waals surface area contributed by atoms with Gasteiger partial charge in [-0.1, -0.05) is 37.6 Å². The van der Waals surface area contributed by atoms with Crippen LogP contribution in [-0.2, 0) is 17.8 Å². The highest BCUT2D eigenvalue weighted by Crippen LogP contribution is 2.31. The fourth-order valence-electron chi connectivity index (χ4n) is 3.82. The van der Waals surface area contributed by atoms with Crippen molar-refractivity contribution in [2.45, 2.75) is 46.6 Å². The Bertz CT molecular complexity index is 1310. The number of hydrogen-bond acceptors (Lipinski definition) is 6. The van der Waals surface area contributed by atoms with Crippen LogP contribution in [0.2, 0.25) is 0 Å². The Labute approximate surface area is 206 Å². The van der Waals surface area contributed by atoms with Crippen molar-refractivity contribution in [3.63, 3.8) is 0 Å². The summed E-state index contributed by atoms with van der Waals surface area (Å²) >= 11 is 2.79. The minimum atomic E-state index is -1.06. The number of carboxylic acids is 1. The number of unbranched alkanes of at least 4 members (excludes halogenated alkanes) is 1. The molecule has 2 heterocycles. The zero-order valence-corrected chi connectivity index (χ0v) is 21.1. The smallest absolute Gasteiger partial charge is 0.323 e. The monoisotopic (exact) mass is 493 g/mol. The SMILES string of the molecule is CCCCc1cc(-c2nc(C)c(C(=O)N(CC(=O)O)Cc3nc4ccccc4s3)s2)ccc1C. The van der Waals surface area contributed by atoms with Crippen molar-refractivity contribution in [3.05, 3.63) is 69.2 Å². The molecular formula is C26H27N3O3S2. The minimum absolute atomic E-state index is 0.142. The van der Waals surface area contributed by atoms with Crippen LogP contribution >= 0.6 is 22.7 Å². The summed E-state index contributed by atoms with van der Waals surface area (Å²) in [5.41, 5.74) is 4.99. The number of aryl methyl sites for hydroxylation is 3. The van der Waals surface area contributed by atoms with Gasteiger partial charge < -0.3 is 10.0 Å². The molecule has 0 unspecified atom stereocenters. The fraction of sp³-hybridized carbons (Fsp3) is 0.308. The van der Waals surface area contributed by atoms with Gasteiger partial charge in [0.05, 0.1) is 22.5 Å². The highest BCUT2D eigenvalue weighted by Gasteiger charge is 2.25. The maximum absolute atomic E-state index is 13.4. The number of nitrogens with zero attached hydrogens (tertiary/aromatic N) is 3. The lowest BCUT2D eigenvalue weighted by Crippen LogP contribution is -2.35. The van der Waals surface area contributed by atoms with E-state index < -0.39 is 12.5 Å². The second-order valence-corrected chi connectivity index (χ2v) is 10.4. The van der Waals surface area contributed by atoms with Crippen LogP contribution in [0, 0.1) is 13.8 Å². The molecule has 0 aliphatic carbocycles. The topological polar surface area (TPSA) is 83.4 Å². The van der Waals surface area contributed by atoms with Gasteiger partial charge in [0.15, 0.2) is 0 Å². The summed E-state index contributed by atoms with van der Waals surface area (Å²) in [5, 5.41) is 10.9. The zero-order chi connectivity index (χ0) is 24.2. The van der Waals surface area contributed by atoms with Gasteiger partial charge in [-0.25, -0.2) is 9.97 Å². The number of carboxylic acid groups (broad SMARTS) is 1. The number of carbonyl (C=O) groups is 2. The fourth-order valence-corrected chi connectivity index (χ4v) is 5.83. The summed E-state index contributed by atoms with van der Waals surface area (Å²) in [6, 6.07) is 14.0. The maximum atomic E-state index is 13.4. The van der Waals surface area contributed by atoms with E-state index in [2.05, 4.69) is 35.9 Å². The van der Waals surface area contributed by atoms with Gasteiger partial charge >= 0.3 is 5.97 Å². The molecule has 34 heavy (non-hydrogen) atoms. The first kappa shape index (κ1) is 24.0. The Balaban J connectivity index is 1.62. The van der Waals surface area contributed by atoms with Gasteiger partial charge in [0.2, 0.25) is 0 Å². The van der Waals surface area contributed by atoms with Crippen LogP contribution in [0.15, 0.2) is 42.5 Å². The Hall–Kier alpha value is -3.10. The van der Waals surface area contributed by atoms with Gasteiger partial charge in [-0.15, -0.1) is 22.7 Å². The first-order valence-electron chi connectivity index (χ1n) is 11.3. The van der Waals surface area contributed by atoms with E-state index in [9.17, 15) is 14.7 Å². The molecule has 0 atom stereocenters. The maximum Gasteiger partial charge on any atom is 0.323 e. The summed E-state index contributed by atoms with van der Waals surface area (Å²) in [6.07, 6.45) is 3.27. The van der Waals surface area contributed by atoms with Crippen LogP contribution < -0.4 is 0 Å². The third-order valence-corrected chi connectivity index (χ3v) is 7.88. The zero-order valence-electron chi connectivity index (χ0n) is 19.5. The Morgan fingerprint density at radius 3 is 2.59 bits per heavy atom. The van der Waals surface area contributed by atoms with E-state index in [1.54, 1.807) is 6.92 Å². The number of aromatic nitrogens is 2. The Kier molecular flexibility index (Phi) is 7.38. The summed E-state index contributed by atoms with van der Waals surface area (Å²) in [4.78, 5) is 36.0. The van der Waals surface area contributed by atoms with E-state index in [0.717, 1.165) is 40.1 Å². The molecule has 0 saturated carbocycles. The predicted molar refractivity (Wildman–Crippen MR) is 138 cm³/mol. The molecule has 8 heteroatoms. The van der Waals surface area contributed by atoms with Crippen molar-refractivity contribution in [3.8, 4) is 10.6 Å². The summed E-state index contributed by atoms with van der Waals surface area (Å²) in [5.74, 6) is -1.39. The van der Waals surface area contributed by atoms with E-state index in [1.165, 1.54) is 38.7 Å². The van der Waals surface area contributed by atoms with E-state index in [1.807, 2.05) is 30.3 Å². The highest BCUT2D eigenvalue weighted by atomic mass is 32.1. The lowest BCUT2D eigenvalue weighted by molar-refractivity contribution is -0.137. The molecule has 176 valence electrons. The van der Waals surface area contributed by atoms with Crippen molar-refractivity contribution in [2.75, 3.05) is 6.54 Å². The van der Waals surface area contributed by atoms with E-state index >= 15 is 0 Å². The molecule has 0 spiro atoms. The van der Waals surface area contributed by atoms with E-state index in [-0.39, 0.29) is 12.5 Å². The number of benzene rings is 2. The third-order valence-electron chi connectivity index (χ3n) is 5.66. The number of rotatable bonds is 9. The number of amides is 1. The molecule has 4 aromatic rings. The van der Waals surface area contributed by atoms with Crippen LogP contribution in [0.1, 0.15) is 51.3 Å². The van der Waals surface area contributed by atoms with Gasteiger partial charge in [-0.2, -0.15) is 0 Å². The summed E-state index contributed by atoms with van der Waals surface area (Å²) < 4.78 is 1.01. The molecule has 0 fully saturated rings. The quantitative estimate of drug-likeness (QED) is 0.304. The van der Waals surface area contributed by atoms with Crippen molar-refractivity contribution in [1.29, 1.82) is 0 Å². The lowest BCUT2D eigenvalue weighted by atomic mass is 10.0. The van der Waals surface area contributed by atoms with Crippen molar-refractivity contribution < 1.29 is 14.7 Å². The average Bonchev–Trinajstić information content (AvgIpc) is 3.40. The van der Waals surface area contributed by atoms with Crippen LogP contribution in [0.25, 0.3) is 20.8 Å². The lowest BCUT2D eigenvalue weighted by Gasteiger charge is -2.18. The molecule has 4 rings (SSSR count). The minimum Gasteiger partial charge on any atom is -0.480 e. The van der Waals surface area contributed by atoms with Crippen LogP contribution in [0.5, 0.6) is 0 Å². The number of carbonyl (C=O) groups excluding carboxylic acids is 1. The number of hydrogen-bond donors (Lipinski definition) is 1. The largest absolute Gasteiger partial charge is 0.480 e. The van der Waals surface area contributed by atoms with Gasteiger partial charge in [0.1, 0.15) is 21.4 Å². The molecule has 0 bridgehead atoms. The van der Waals surface area contributed by atoms with Gasteiger partial charge in [-0.3, -0.25) is 9.59 Å². The van der Waals surface area contributed by atoms with Crippen LogP contribution in [0.3, 0.4) is 0 Å². The summed E-state index contributed by atoms with van der Waals surface area (Å²) in [6.45, 7) is 5.84. The first-order chi connectivity index (χ1) is 16.4. The van der Waals surface area contributed by atoms with Gasteiger partial charge in [0.25, 0.3) is 5.91 Å². The second kappa shape index (κ2) is 10.4. The van der Waals surface area contributed by atoms with E-state index in [0.29, 0.717) is 15.6 Å². The Morgan fingerprint density at radius 2 is 1.85 bits per heavy atom. The normalized spacial score (nSPS) is 11.1. The molecule has 1 N–H and O–H groups in total. The summed E-state index contributed by atoms with van der Waals surface area (Å²) in [7, 11) is 0. The van der Waals surface area contributed by atoms with Crippen molar-refractivity contribution in [2.24, 2.45) is 0 Å². The molecule has 6 nitrogen and oxygen atoms in total. The number of para-hydroxylation sites is 1. The third kappa shape index (κ3) is 5.34. The highest BCUT2D eigenvalue weighted by molar-refractivity contribution is 7.18. The van der Waals surface area contributed by atoms with Gasteiger partial charge in [-0.05, 0) is 56.0 Å². The van der Waals surface area contributed by atoms with Crippen LogP contribution in [0.4, 0.5) is 0 Å². The van der Waals surface area contributed by atoms with Crippen molar-refractivity contribution in [1.82, 2.24) is 14.9 Å². The average molecular weight is 494 g/mol. The number of thiazole rings is 2. The molecule has 0 aliphatic heterocycles. The number of fused-ring (bicyclic) bond motifs is 1. The van der Waals surface area contributed by atoms with Crippen LogP contribution in [-0.4, -0.2) is 38.4 Å². The van der Waals surface area contributed by atoms with E-state index in [4.69, 9.17) is 0 Å². The molecule has 2 aromatic carbocycles. The molecular weight excluding hydrogens is 466 g/mol. The molecule has 0 saturated heterocycles. The Morgan fingerprint density at radius 1 is 1.06 bits per heavy atom. The molecule has 0 radical (unpaired) electrons. The van der Waals surface area contributed by atoms with Gasteiger partial charge in [0, 0.05) is 5.56 Å². The molecule has 1 amide bonds. The molecule has 2 aromatic heterocycles. The second-order valence-electron chi connectivity index (χ2n) is 8.31.